The summed E-state index contributed by atoms with van der Waals surface area (Å²) < 4.78 is 0. The first-order valence-electron chi connectivity index (χ1n) is 4.58. The largest absolute Gasteiger partial charge is 0.316 e. The molecule has 1 nitrogen and oxygen atoms in total. The molecule has 0 aromatic carbocycles. The molecule has 1 saturated carbocycles. The highest BCUT2D eigenvalue weighted by molar-refractivity contribution is 4.92. The molecule has 1 aliphatic carbocycles. The van der Waals surface area contributed by atoms with E-state index < -0.39 is 0 Å². The van der Waals surface area contributed by atoms with Crippen LogP contribution in [0.25, 0.3) is 0 Å². The van der Waals surface area contributed by atoms with Gasteiger partial charge in [0.15, 0.2) is 0 Å². The highest BCUT2D eigenvalue weighted by Gasteiger charge is 2.39. The van der Waals surface area contributed by atoms with Crippen molar-refractivity contribution in [1.82, 2.24) is 5.32 Å². The number of fused-ring (bicyclic) bond motifs is 2. The summed E-state index contributed by atoms with van der Waals surface area (Å²) in [6.45, 7) is 8.97. The van der Waals surface area contributed by atoms with Crippen LogP contribution in [0.5, 0.6) is 0 Å². The summed E-state index contributed by atoms with van der Waals surface area (Å²) in [6.07, 6.45) is 1.51. The van der Waals surface area contributed by atoms with Crippen molar-refractivity contribution in [3.63, 3.8) is 0 Å². The molecule has 60 valence electrons. The maximum atomic E-state index is 3.41. The van der Waals surface area contributed by atoms with E-state index >= 15 is 0 Å². The van der Waals surface area contributed by atoms with Crippen molar-refractivity contribution in [2.45, 2.75) is 27.2 Å². The quantitative estimate of drug-likeness (QED) is 0.543. The summed E-state index contributed by atoms with van der Waals surface area (Å²) in [7, 11) is 0. The van der Waals surface area contributed by atoms with Gasteiger partial charge in [0.1, 0.15) is 0 Å². The summed E-state index contributed by atoms with van der Waals surface area (Å²) in [6, 6.07) is 0. The maximum absolute atomic E-state index is 3.41. The zero-order valence-electron chi connectivity index (χ0n) is 7.35. The number of hydrogen-bond acceptors (Lipinski definition) is 1. The van der Waals surface area contributed by atoms with E-state index in [4.69, 9.17) is 0 Å². The number of piperidine rings is 2. The lowest BCUT2D eigenvalue weighted by atomic mass is 9.63. The standard InChI is InChI=1S/C7H13N.C2H6/c1-5-6-2-7(5)4-8-3-6;1-2/h5-8H,2-4H2,1H3;1-2H3. The van der Waals surface area contributed by atoms with Crippen LogP contribution < -0.4 is 5.32 Å². The van der Waals surface area contributed by atoms with Crippen LogP contribution in [0.15, 0.2) is 0 Å². The van der Waals surface area contributed by atoms with Crippen molar-refractivity contribution in [3.05, 3.63) is 0 Å². The van der Waals surface area contributed by atoms with E-state index in [0.717, 1.165) is 17.8 Å². The summed E-state index contributed by atoms with van der Waals surface area (Å²) in [5.74, 6) is 3.11. The smallest absolute Gasteiger partial charge is 0.00176 e. The lowest BCUT2D eigenvalue weighted by Gasteiger charge is -2.48. The van der Waals surface area contributed by atoms with Crippen LogP contribution in [0.2, 0.25) is 0 Å². The van der Waals surface area contributed by atoms with Gasteiger partial charge in [0.2, 0.25) is 0 Å². The second kappa shape index (κ2) is 3.38. The van der Waals surface area contributed by atoms with Gasteiger partial charge >= 0.3 is 0 Å². The molecule has 2 saturated heterocycles. The molecule has 2 bridgehead atoms. The Morgan fingerprint density at radius 1 is 1.10 bits per heavy atom. The van der Waals surface area contributed by atoms with Gasteiger partial charge in [0, 0.05) is 0 Å². The van der Waals surface area contributed by atoms with Crippen molar-refractivity contribution in [2.75, 3.05) is 13.1 Å². The molecule has 10 heavy (non-hydrogen) atoms. The van der Waals surface area contributed by atoms with E-state index in [9.17, 15) is 0 Å². The first kappa shape index (κ1) is 8.06. The Labute approximate surface area is 64.2 Å². The van der Waals surface area contributed by atoms with Crippen molar-refractivity contribution < 1.29 is 0 Å². The van der Waals surface area contributed by atoms with Crippen LogP contribution in [-0.4, -0.2) is 13.1 Å². The van der Waals surface area contributed by atoms with Gasteiger partial charge in [0.05, 0.1) is 0 Å². The highest BCUT2D eigenvalue weighted by atomic mass is 14.9. The van der Waals surface area contributed by atoms with Gasteiger partial charge in [-0.25, -0.2) is 0 Å². The van der Waals surface area contributed by atoms with Gasteiger partial charge in [-0.2, -0.15) is 0 Å². The monoisotopic (exact) mass is 141 g/mol. The zero-order valence-corrected chi connectivity index (χ0v) is 7.35. The Morgan fingerprint density at radius 3 is 1.80 bits per heavy atom. The normalized spacial score (nSPS) is 42.9. The Hall–Kier alpha value is -0.0400. The third-order valence-electron chi connectivity index (χ3n) is 2.91. The number of nitrogens with one attached hydrogen (secondary N) is 1. The van der Waals surface area contributed by atoms with Crippen LogP contribution in [0.1, 0.15) is 27.2 Å². The fourth-order valence-electron chi connectivity index (χ4n) is 2.00. The summed E-state index contributed by atoms with van der Waals surface area (Å²) in [5.41, 5.74) is 0. The Bertz CT molecular complexity index is 86.9. The average Bonchev–Trinajstić information content (AvgIpc) is 2.08. The number of rotatable bonds is 0. The van der Waals surface area contributed by atoms with Crippen LogP contribution in [0.4, 0.5) is 0 Å². The zero-order chi connectivity index (χ0) is 7.56. The van der Waals surface area contributed by atoms with Crippen molar-refractivity contribution >= 4 is 0 Å². The fourth-order valence-corrected chi connectivity index (χ4v) is 2.00. The van der Waals surface area contributed by atoms with Crippen molar-refractivity contribution in [3.8, 4) is 0 Å². The molecule has 0 radical (unpaired) electrons. The van der Waals surface area contributed by atoms with Gasteiger partial charge in [-0.15, -0.1) is 0 Å². The highest BCUT2D eigenvalue weighted by Crippen LogP contribution is 2.41. The van der Waals surface area contributed by atoms with Crippen molar-refractivity contribution in [1.29, 1.82) is 0 Å². The molecule has 2 aliphatic heterocycles. The molecule has 3 aliphatic rings. The Balaban J connectivity index is 0.000000231. The minimum Gasteiger partial charge on any atom is -0.316 e. The topological polar surface area (TPSA) is 12.0 Å². The first-order chi connectivity index (χ1) is 4.88. The summed E-state index contributed by atoms with van der Waals surface area (Å²) >= 11 is 0. The van der Waals surface area contributed by atoms with Gasteiger partial charge in [-0.1, -0.05) is 20.8 Å². The third kappa shape index (κ3) is 1.20. The Morgan fingerprint density at radius 2 is 1.60 bits per heavy atom. The summed E-state index contributed by atoms with van der Waals surface area (Å²) in [5, 5.41) is 3.41. The van der Waals surface area contributed by atoms with Crippen LogP contribution in [0.3, 0.4) is 0 Å². The third-order valence-corrected chi connectivity index (χ3v) is 2.91. The van der Waals surface area contributed by atoms with E-state index in [1.165, 1.54) is 19.5 Å². The molecule has 3 fully saturated rings. The van der Waals surface area contributed by atoms with Gasteiger partial charge < -0.3 is 5.32 Å². The second-order valence-electron chi connectivity index (χ2n) is 3.27. The molecule has 3 rings (SSSR count). The molecule has 0 aromatic rings. The lowest BCUT2D eigenvalue weighted by Crippen LogP contribution is -2.51. The van der Waals surface area contributed by atoms with Crippen LogP contribution in [-0.2, 0) is 0 Å². The van der Waals surface area contributed by atoms with Gasteiger partial charge in [0.25, 0.3) is 0 Å². The molecule has 1 N–H and O–H groups in total. The fraction of sp³-hybridized carbons (Fsp3) is 1.00. The first-order valence-corrected chi connectivity index (χ1v) is 4.58. The van der Waals surface area contributed by atoms with E-state index in [1.807, 2.05) is 13.8 Å². The van der Waals surface area contributed by atoms with E-state index in [2.05, 4.69) is 12.2 Å². The molecular weight excluding hydrogens is 122 g/mol. The molecule has 2 atom stereocenters. The molecule has 0 aromatic heterocycles. The second-order valence-corrected chi connectivity index (χ2v) is 3.27. The van der Waals surface area contributed by atoms with Gasteiger partial charge in [-0.05, 0) is 37.3 Å². The van der Waals surface area contributed by atoms with Crippen LogP contribution in [0, 0.1) is 17.8 Å². The Kier molecular flexibility index (Phi) is 2.72. The molecule has 1 heteroatoms. The molecular formula is C9H19N. The van der Waals surface area contributed by atoms with Gasteiger partial charge in [-0.3, -0.25) is 0 Å². The molecule has 2 unspecified atom stereocenters. The van der Waals surface area contributed by atoms with E-state index in [1.54, 1.807) is 0 Å². The number of hydrogen-bond donors (Lipinski definition) is 1. The lowest BCUT2D eigenvalue weighted by molar-refractivity contribution is 0.0461. The minimum atomic E-state index is 1.04. The van der Waals surface area contributed by atoms with Crippen LogP contribution >= 0.6 is 0 Å². The molecule has 0 spiro atoms. The van der Waals surface area contributed by atoms with E-state index in [0.29, 0.717) is 0 Å². The minimum absolute atomic E-state index is 1.04. The average molecular weight is 141 g/mol. The summed E-state index contributed by atoms with van der Waals surface area (Å²) in [4.78, 5) is 0. The van der Waals surface area contributed by atoms with E-state index in [-0.39, 0.29) is 0 Å². The maximum Gasteiger partial charge on any atom is -0.00176 e. The predicted octanol–water partition coefficient (Wildman–Crippen LogP) is 1.89. The SMILES string of the molecule is CC.CC1C2CNCC1C2. The molecule has 2 heterocycles. The predicted molar refractivity (Wildman–Crippen MR) is 45.0 cm³/mol. The van der Waals surface area contributed by atoms with Crippen molar-refractivity contribution in [2.24, 2.45) is 17.8 Å². The molecule has 0 amide bonds.